The molecule has 0 bridgehead atoms. The Morgan fingerprint density at radius 3 is 2.33 bits per heavy atom. The fraction of sp³-hybridized carbons (Fsp3) is 0.278. The maximum Gasteiger partial charge on any atom is 0.165 e. The summed E-state index contributed by atoms with van der Waals surface area (Å²) in [6.07, 6.45) is 1.53. The lowest BCUT2D eigenvalue weighted by Gasteiger charge is -2.08. The number of carbonyl (C=O) groups excluding carboxylic acids is 1. The molecule has 0 aliphatic carbocycles. The summed E-state index contributed by atoms with van der Waals surface area (Å²) in [5, 5.41) is 9.20. The van der Waals surface area contributed by atoms with Crippen molar-refractivity contribution in [3.8, 4) is 16.9 Å². The van der Waals surface area contributed by atoms with Crippen LogP contribution in [0.5, 0.6) is 5.75 Å². The van der Waals surface area contributed by atoms with Gasteiger partial charge in [-0.2, -0.15) is 0 Å². The van der Waals surface area contributed by atoms with Crippen LogP contribution in [0, 0.1) is 11.7 Å². The van der Waals surface area contributed by atoms with Gasteiger partial charge in [0.15, 0.2) is 17.3 Å². The molecule has 3 heteroatoms. The highest BCUT2D eigenvalue weighted by Gasteiger charge is 2.10. The third-order valence-corrected chi connectivity index (χ3v) is 3.72. The van der Waals surface area contributed by atoms with Gasteiger partial charge >= 0.3 is 0 Å². The number of benzene rings is 2. The molecule has 0 aliphatic heterocycles. The summed E-state index contributed by atoms with van der Waals surface area (Å²) < 4.78 is 13.4. The van der Waals surface area contributed by atoms with E-state index in [0.29, 0.717) is 23.5 Å². The Hall–Kier alpha value is -2.16. The van der Waals surface area contributed by atoms with Crippen molar-refractivity contribution >= 4 is 5.78 Å². The second kappa shape index (κ2) is 6.53. The number of rotatable bonds is 5. The average molecular weight is 286 g/mol. The molecule has 2 rings (SSSR count). The molecular formula is C18H19FO2. The summed E-state index contributed by atoms with van der Waals surface area (Å²) in [6.45, 7) is 4.13. The molecule has 1 unspecified atom stereocenters. The van der Waals surface area contributed by atoms with E-state index in [9.17, 15) is 14.3 Å². The zero-order valence-electron chi connectivity index (χ0n) is 12.3. The molecule has 2 nitrogen and oxygen atoms in total. The summed E-state index contributed by atoms with van der Waals surface area (Å²) in [6, 6.07) is 11.4. The van der Waals surface area contributed by atoms with E-state index in [1.165, 1.54) is 12.1 Å². The quantitative estimate of drug-likeness (QED) is 0.800. The minimum Gasteiger partial charge on any atom is -0.505 e. The van der Waals surface area contributed by atoms with Crippen LogP contribution in [0.15, 0.2) is 42.5 Å². The van der Waals surface area contributed by atoms with Crippen LogP contribution in [-0.2, 0) is 0 Å². The normalized spacial score (nSPS) is 12.1. The fourth-order valence-corrected chi connectivity index (χ4v) is 2.11. The van der Waals surface area contributed by atoms with Crippen LogP contribution in [0.4, 0.5) is 4.39 Å². The number of ketones is 1. The van der Waals surface area contributed by atoms with Gasteiger partial charge in [-0.1, -0.05) is 50.6 Å². The molecule has 0 aliphatic rings. The largest absolute Gasteiger partial charge is 0.505 e. The Bertz CT molecular complexity index is 632. The number of halogens is 1. The molecule has 0 saturated carbocycles. The van der Waals surface area contributed by atoms with E-state index in [1.54, 1.807) is 30.3 Å². The second-order valence-electron chi connectivity index (χ2n) is 5.38. The first kappa shape index (κ1) is 15.2. The highest BCUT2D eigenvalue weighted by atomic mass is 19.1. The van der Waals surface area contributed by atoms with Crippen molar-refractivity contribution in [3.05, 3.63) is 53.8 Å². The van der Waals surface area contributed by atoms with Gasteiger partial charge in [-0.3, -0.25) is 4.79 Å². The lowest BCUT2D eigenvalue weighted by Crippen LogP contribution is -2.05. The van der Waals surface area contributed by atoms with Crippen molar-refractivity contribution in [2.24, 2.45) is 5.92 Å². The van der Waals surface area contributed by atoms with Crippen LogP contribution in [0.1, 0.15) is 37.0 Å². The van der Waals surface area contributed by atoms with Gasteiger partial charge in [0.2, 0.25) is 0 Å². The van der Waals surface area contributed by atoms with Gasteiger partial charge in [0.05, 0.1) is 0 Å². The summed E-state index contributed by atoms with van der Waals surface area (Å²) in [5.41, 5.74) is 2.17. The Kier molecular flexibility index (Phi) is 4.73. The molecule has 110 valence electrons. The van der Waals surface area contributed by atoms with E-state index >= 15 is 0 Å². The molecular weight excluding hydrogens is 267 g/mol. The molecule has 1 N–H and O–H groups in total. The maximum absolute atomic E-state index is 13.4. The minimum absolute atomic E-state index is 0.132. The maximum atomic E-state index is 13.4. The van der Waals surface area contributed by atoms with Crippen molar-refractivity contribution in [2.75, 3.05) is 0 Å². The Morgan fingerprint density at radius 1 is 1.14 bits per heavy atom. The number of carbonyl (C=O) groups is 1. The van der Waals surface area contributed by atoms with E-state index in [-0.39, 0.29) is 11.5 Å². The smallest absolute Gasteiger partial charge is 0.165 e. The van der Waals surface area contributed by atoms with Crippen molar-refractivity contribution in [1.29, 1.82) is 0 Å². The van der Waals surface area contributed by atoms with Crippen LogP contribution >= 0.6 is 0 Å². The predicted molar refractivity (Wildman–Crippen MR) is 81.9 cm³/mol. The Labute approximate surface area is 124 Å². The molecule has 0 saturated heterocycles. The number of phenolic OH excluding ortho intramolecular Hbond substituents is 1. The minimum atomic E-state index is -0.649. The van der Waals surface area contributed by atoms with Gasteiger partial charge in [0.25, 0.3) is 0 Å². The fourth-order valence-electron chi connectivity index (χ4n) is 2.11. The first-order valence-corrected chi connectivity index (χ1v) is 7.13. The van der Waals surface area contributed by atoms with Gasteiger partial charge < -0.3 is 5.11 Å². The first-order valence-electron chi connectivity index (χ1n) is 7.13. The van der Waals surface area contributed by atoms with Gasteiger partial charge in [0, 0.05) is 12.0 Å². The van der Waals surface area contributed by atoms with Crippen molar-refractivity contribution in [2.45, 2.75) is 26.7 Å². The van der Waals surface area contributed by atoms with E-state index in [2.05, 4.69) is 13.8 Å². The van der Waals surface area contributed by atoms with Crippen molar-refractivity contribution in [3.63, 3.8) is 0 Å². The Balaban J connectivity index is 2.18. The molecule has 0 spiro atoms. The summed E-state index contributed by atoms with van der Waals surface area (Å²) in [5.74, 6) is -0.500. The van der Waals surface area contributed by atoms with Gasteiger partial charge in [-0.15, -0.1) is 0 Å². The van der Waals surface area contributed by atoms with E-state index in [1.807, 2.05) is 0 Å². The monoisotopic (exact) mass is 286 g/mol. The zero-order valence-corrected chi connectivity index (χ0v) is 12.3. The molecule has 0 amide bonds. The molecule has 0 fully saturated rings. The molecule has 0 aromatic heterocycles. The standard InChI is InChI=1S/C18H19FO2/c1-3-12(2)10-18(21)14-6-4-13(5-7-14)15-8-9-17(20)16(19)11-15/h4-9,11-12,20H,3,10H2,1-2H3. The van der Waals surface area contributed by atoms with Crippen molar-refractivity contribution in [1.82, 2.24) is 0 Å². The first-order chi connectivity index (χ1) is 10.0. The van der Waals surface area contributed by atoms with Gasteiger partial charge in [-0.25, -0.2) is 4.39 Å². The summed E-state index contributed by atoms with van der Waals surface area (Å²) >= 11 is 0. The van der Waals surface area contributed by atoms with Crippen LogP contribution < -0.4 is 0 Å². The number of Topliss-reactive ketones (excluding diaryl/α,β-unsaturated/α-hetero) is 1. The van der Waals surface area contributed by atoms with E-state index in [0.717, 1.165) is 12.0 Å². The number of aromatic hydroxyl groups is 1. The second-order valence-corrected chi connectivity index (χ2v) is 5.38. The highest BCUT2D eigenvalue weighted by molar-refractivity contribution is 5.96. The third-order valence-electron chi connectivity index (χ3n) is 3.72. The topological polar surface area (TPSA) is 37.3 Å². The summed E-state index contributed by atoms with van der Waals surface area (Å²) in [4.78, 5) is 12.1. The summed E-state index contributed by atoms with van der Waals surface area (Å²) in [7, 11) is 0. The average Bonchev–Trinajstić information content (AvgIpc) is 2.50. The van der Waals surface area contributed by atoms with Crippen LogP contribution in [-0.4, -0.2) is 10.9 Å². The zero-order chi connectivity index (χ0) is 15.4. The van der Waals surface area contributed by atoms with Crippen LogP contribution in [0.3, 0.4) is 0 Å². The predicted octanol–water partition coefficient (Wildman–Crippen LogP) is 4.82. The molecule has 21 heavy (non-hydrogen) atoms. The molecule has 2 aromatic carbocycles. The Morgan fingerprint density at radius 2 is 1.76 bits per heavy atom. The van der Waals surface area contributed by atoms with Crippen LogP contribution in [0.2, 0.25) is 0 Å². The van der Waals surface area contributed by atoms with Crippen LogP contribution in [0.25, 0.3) is 11.1 Å². The van der Waals surface area contributed by atoms with E-state index in [4.69, 9.17) is 0 Å². The molecule has 0 radical (unpaired) electrons. The van der Waals surface area contributed by atoms with Gasteiger partial charge in [-0.05, 0) is 29.2 Å². The molecule has 0 heterocycles. The number of hydrogen-bond donors (Lipinski definition) is 1. The SMILES string of the molecule is CCC(C)CC(=O)c1ccc(-c2ccc(O)c(F)c2)cc1. The lowest BCUT2D eigenvalue weighted by molar-refractivity contribution is 0.0963. The lowest BCUT2D eigenvalue weighted by atomic mass is 9.96. The number of hydrogen-bond acceptors (Lipinski definition) is 2. The van der Waals surface area contributed by atoms with Crippen molar-refractivity contribution < 1.29 is 14.3 Å². The van der Waals surface area contributed by atoms with E-state index < -0.39 is 5.82 Å². The third kappa shape index (κ3) is 3.69. The van der Waals surface area contributed by atoms with Gasteiger partial charge in [0.1, 0.15) is 0 Å². The number of phenols is 1. The highest BCUT2D eigenvalue weighted by Crippen LogP contribution is 2.25. The molecule has 1 atom stereocenters. The molecule has 2 aromatic rings.